The predicted octanol–water partition coefficient (Wildman–Crippen LogP) is 0.304. The molecule has 0 atom stereocenters. The number of sulfone groups is 1. The molecule has 3 N–H and O–H groups in total. The fourth-order valence-corrected chi connectivity index (χ4v) is 2.18. The molecule has 8 heteroatoms. The highest BCUT2D eigenvalue weighted by atomic mass is 32.2. The molecule has 0 saturated heterocycles. The van der Waals surface area contributed by atoms with Crippen molar-refractivity contribution >= 4 is 9.84 Å². The summed E-state index contributed by atoms with van der Waals surface area (Å²) in [5, 5.41) is 13.3. The minimum absolute atomic E-state index is 0.112. The van der Waals surface area contributed by atoms with E-state index in [0.29, 0.717) is 5.56 Å². The van der Waals surface area contributed by atoms with Crippen molar-refractivity contribution in [1.82, 2.24) is 10.1 Å². The number of phenols is 1. The SMILES string of the molecule is CS(=O)(=O)c1ccc(-c2noc(CN)n2)cc1O. The number of aromatic nitrogens is 2. The monoisotopic (exact) mass is 269 g/mol. The van der Waals surface area contributed by atoms with Crippen LogP contribution in [0, 0.1) is 0 Å². The number of hydrogen-bond acceptors (Lipinski definition) is 7. The van der Waals surface area contributed by atoms with Gasteiger partial charge in [-0.1, -0.05) is 5.16 Å². The Labute approximate surface area is 103 Å². The standard InChI is InChI=1S/C10H11N3O4S/c1-18(15,16)8-3-2-6(4-7(8)14)10-12-9(5-11)17-13-10/h2-4,14H,5,11H2,1H3. The van der Waals surface area contributed by atoms with Crippen LogP contribution in [0.3, 0.4) is 0 Å². The molecule has 18 heavy (non-hydrogen) atoms. The van der Waals surface area contributed by atoms with E-state index < -0.39 is 9.84 Å². The van der Waals surface area contributed by atoms with Gasteiger partial charge in [0.05, 0.1) is 6.54 Å². The minimum atomic E-state index is -3.47. The molecule has 0 radical (unpaired) electrons. The lowest BCUT2D eigenvalue weighted by molar-refractivity contribution is 0.380. The van der Waals surface area contributed by atoms with E-state index in [4.69, 9.17) is 10.3 Å². The van der Waals surface area contributed by atoms with Gasteiger partial charge >= 0.3 is 0 Å². The molecule has 0 unspecified atom stereocenters. The zero-order chi connectivity index (χ0) is 13.3. The molecule has 0 saturated carbocycles. The lowest BCUT2D eigenvalue weighted by atomic mass is 10.2. The highest BCUT2D eigenvalue weighted by Gasteiger charge is 2.15. The number of nitrogens with zero attached hydrogens (tertiary/aromatic N) is 2. The molecule has 96 valence electrons. The van der Waals surface area contributed by atoms with Gasteiger partial charge in [-0.15, -0.1) is 0 Å². The average Bonchev–Trinajstić information content (AvgIpc) is 2.75. The third kappa shape index (κ3) is 2.34. The number of rotatable bonds is 3. The molecule has 0 bridgehead atoms. The van der Waals surface area contributed by atoms with Crippen molar-refractivity contribution in [1.29, 1.82) is 0 Å². The second-order valence-electron chi connectivity index (χ2n) is 3.67. The Balaban J connectivity index is 2.46. The molecule has 0 amide bonds. The zero-order valence-corrected chi connectivity index (χ0v) is 10.3. The van der Waals surface area contributed by atoms with E-state index >= 15 is 0 Å². The Bertz CT molecular complexity index is 678. The van der Waals surface area contributed by atoms with Crippen LogP contribution in [0.4, 0.5) is 0 Å². The van der Waals surface area contributed by atoms with Crippen molar-refractivity contribution in [2.24, 2.45) is 5.73 Å². The summed E-state index contributed by atoms with van der Waals surface area (Å²) in [7, 11) is -3.47. The van der Waals surface area contributed by atoms with Crippen LogP contribution in [-0.4, -0.2) is 29.9 Å². The van der Waals surface area contributed by atoms with Crippen molar-refractivity contribution in [3.8, 4) is 17.1 Å². The number of benzene rings is 1. The lowest BCUT2D eigenvalue weighted by Crippen LogP contribution is -1.98. The summed E-state index contributed by atoms with van der Waals surface area (Å²) < 4.78 is 27.5. The second-order valence-corrected chi connectivity index (χ2v) is 5.65. The van der Waals surface area contributed by atoms with Gasteiger partial charge in [0, 0.05) is 11.8 Å². The molecule has 1 aromatic carbocycles. The summed E-state index contributed by atoms with van der Waals surface area (Å²) in [6.07, 6.45) is 1.02. The molecule has 1 aromatic heterocycles. The van der Waals surface area contributed by atoms with Crippen molar-refractivity contribution in [2.45, 2.75) is 11.4 Å². The number of hydrogen-bond donors (Lipinski definition) is 2. The van der Waals surface area contributed by atoms with E-state index in [1.54, 1.807) is 0 Å². The smallest absolute Gasteiger partial charge is 0.240 e. The van der Waals surface area contributed by atoms with E-state index in [9.17, 15) is 13.5 Å². The van der Waals surface area contributed by atoms with Crippen molar-refractivity contribution in [3.05, 3.63) is 24.1 Å². The fraction of sp³-hybridized carbons (Fsp3) is 0.200. The van der Waals surface area contributed by atoms with Gasteiger partial charge in [-0.25, -0.2) is 8.42 Å². The molecule has 0 aliphatic rings. The van der Waals surface area contributed by atoms with E-state index in [2.05, 4.69) is 10.1 Å². The first-order valence-corrected chi connectivity index (χ1v) is 6.87. The van der Waals surface area contributed by atoms with Crippen molar-refractivity contribution in [3.63, 3.8) is 0 Å². The molecular weight excluding hydrogens is 258 g/mol. The summed E-state index contributed by atoms with van der Waals surface area (Å²) in [5.74, 6) is 0.150. The zero-order valence-electron chi connectivity index (χ0n) is 9.49. The normalized spacial score (nSPS) is 11.7. The van der Waals surface area contributed by atoms with Crippen LogP contribution >= 0.6 is 0 Å². The van der Waals surface area contributed by atoms with E-state index in [1.165, 1.54) is 18.2 Å². The second kappa shape index (κ2) is 4.39. The van der Waals surface area contributed by atoms with Gasteiger partial charge in [-0.3, -0.25) is 0 Å². The highest BCUT2D eigenvalue weighted by molar-refractivity contribution is 7.90. The van der Waals surface area contributed by atoms with Crippen molar-refractivity contribution in [2.75, 3.05) is 6.26 Å². The Morgan fingerprint density at radius 1 is 1.44 bits per heavy atom. The molecule has 2 rings (SSSR count). The highest BCUT2D eigenvalue weighted by Crippen LogP contribution is 2.27. The van der Waals surface area contributed by atoms with Gasteiger partial charge in [0.15, 0.2) is 9.84 Å². The number of phenolic OH excluding ortho intramolecular Hbond substituents is 1. The van der Waals surface area contributed by atoms with E-state index in [-0.39, 0.29) is 28.9 Å². The van der Waals surface area contributed by atoms with Gasteiger partial charge in [-0.2, -0.15) is 4.98 Å². The van der Waals surface area contributed by atoms with Crippen LogP contribution in [0.1, 0.15) is 5.89 Å². The summed E-state index contributed by atoms with van der Waals surface area (Å²) in [6.45, 7) is 0.112. The van der Waals surface area contributed by atoms with Crippen LogP contribution in [0.25, 0.3) is 11.4 Å². The maximum Gasteiger partial charge on any atom is 0.240 e. The van der Waals surface area contributed by atoms with Crippen LogP contribution in [0.15, 0.2) is 27.6 Å². The van der Waals surface area contributed by atoms with Crippen LogP contribution in [0.2, 0.25) is 0 Å². The first kappa shape index (κ1) is 12.5. The third-order valence-electron chi connectivity index (χ3n) is 2.26. The van der Waals surface area contributed by atoms with Gasteiger partial charge in [0.2, 0.25) is 11.7 Å². The average molecular weight is 269 g/mol. The quantitative estimate of drug-likeness (QED) is 0.822. The minimum Gasteiger partial charge on any atom is -0.507 e. The van der Waals surface area contributed by atoms with Crippen molar-refractivity contribution < 1.29 is 18.0 Å². The molecular formula is C10H11N3O4S. The molecule has 7 nitrogen and oxygen atoms in total. The molecule has 1 heterocycles. The van der Waals surface area contributed by atoms with E-state index in [0.717, 1.165) is 6.26 Å². The first-order chi connectivity index (χ1) is 8.41. The summed E-state index contributed by atoms with van der Waals surface area (Å²) >= 11 is 0. The Morgan fingerprint density at radius 2 is 2.17 bits per heavy atom. The van der Waals surface area contributed by atoms with E-state index in [1.807, 2.05) is 0 Å². The van der Waals surface area contributed by atoms with Crippen LogP contribution in [0.5, 0.6) is 5.75 Å². The van der Waals surface area contributed by atoms with Gasteiger partial charge in [0.25, 0.3) is 0 Å². The molecule has 2 aromatic rings. The molecule has 0 spiro atoms. The topological polar surface area (TPSA) is 119 Å². The molecule has 0 aliphatic heterocycles. The number of aromatic hydroxyl groups is 1. The number of nitrogens with two attached hydrogens (primary N) is 1. The third-order valence-corrected chi connectivity index (χ3v) is 3.40. The lowest BCUT2D eigenvalue weighted by Gasteiger charge is -2.03. The van der Waals surface area contributed by atoms with Crippen LogP contribution in [-0.2, 0) is 16.4 Å². The van der Waals surface area contributed by atoms with Gasteiger partial charge in [-0.05, 0) is 18.2 Å². The molecule has 0 fully saturated rings. The summed E-state index contributed by atoms with van der Waals surface area (Å²) in [4.78, 5) is 3.82. The predicted molar refractivity (Wildman–Crippen MR) is 62.4 cm³/mol. The Kier molecular flexibility index (Phi) is 3.05. The fourth-order valence-electron chi connectivity index (χ4n) is 1.43. The Morgan fingerprint density at radius 3 is 2.67 bits per heavy atom. The largest absolute Gasteiger partial charge is 0.507 e. The Hall–Kier alpha value is -1.93. The maximum atomic E-state index is 11.3. The first-order valence-electron chi connectivity index (χ1n) is 4.98. The van der Waals surface area contributed by atoms with Crippen LogP contribution < -0.4 is 5.73 Å². The van der Waals surface area contributed by atoms with Gasteiger partial charge in [0.1, 0.15) is 10.6 Å². The summed E-state index contributed by atoms with van der Waals surface area (Å²) in [5.41, 5.74) is 5.77. The maximum absolute atomic E-state index is 11.3. The molecule has 0 aliphatic carbocycles. The van der Waals surface area contributed by atoms with Gasteiger partial charge < -0.3 is 15.4 Å². The summed E-state index contributed by atoms with van der Waals surface area (Å²) in [6, 6.07) is 4.04.